The first-order valence-corrected chi connectivity index (χ1v) is 13.4. The number of aryl methyl sites for hydroxylation is 2. The van der Waals surface area contributed by atoms with Crippen molar-refractivity contribution >= 4 is 46.9 Å². The van der Waals surface area contributed by atoms with Crippen LogP contribution in [0.15, 0.2) is 64.9 Å². The van der Waals surface area contributed by atoms with Crippen LogP contribution in [0.3, 0.4) is 0 Å². The number of amidine groups is 1. The van der Waals surface area contributed by atoms with Gasteiger partial charge < -0.3 is 29.6 Å². The zero-order valence-corrected chi connectivity index (χ0v) is 23.3. The third-order valence-corrected chi connectivity index (χ3v) is 7.42. The normalized spacial score (nSPS) is 16.9. The van der Waals surface area contributed by atoms with Gasteiger partial charge in [0.2, 0.25) is 5.88 Å². The molecule has 2 N–H and O–H groups in total. The minimum absolute atomic E-state index is 0.191. The number of nitrogens with zero attached hydrogens (tertiary/aromatic N) is 8. The largest absolute Gasteiger partial charge is 0.456 e. The Balaban J connectivity index is 1.17. The lowest BCUT2D eigenvalue weighted by atomic mass is 9.92. The first-order valence-electron chi connectivity index (χ1n) is 13.4. The molecule has 2 aliphatic rings. The number of anilines is 3. The molecule has 2 aliphatic heterocycles. The fraction of sp³-hybridized carbons (Fsp3) is 0.310. The van der Waals surface area contributed by atoms with Crippen molar-refractivity contribution in [2.24, 2.45) is 17.0 Å². The molecule has 0 bridgehead atoms. The van der Waals surface area contributed by atoms with Gasteiger partial charge in [-0.3, -0.25) is 0 Å². The first-order chi connectivity index (χ1) is 19.9. The standard InChI is InChI=1S/C29H32N10O2/c1-19-13-20(6-8-24(19)40-26(30-2)15-25-37-34-18-39(25)4)35-27-22-14-21(5-7-23(22)32-17-33-27)36-28-31-16-29(41-28)9-11-38(3)12-10-29/h5-8,13-15,17-18H,2,9-12,16H2,1,3-4H3,(H,31,36)(H,32,33,35)/b26-15+. The van der Waals surface area contributed by atoms with E-state index in [1.54, 1.807) is 23.3 Å². The highest BCUT2D eigenvalue weighted by atomic mass is 16.5. The molecule has 0 amide bonds. The number of likely N-dealkylation sites (tertiary alicyclic amines) is 1. The number of fused-ring (bicyclic) bond motifs is 1. The SMILES string of the molecule is C=N/C(=C\c1nncn1C)Oc1ccc(Nc2ncnc3ccc(NC4=NCC5(CCN(C)CC5)O4)cc23)cc1C. The van der Waals surface area contributed by atoms with E-state index in [1.165, 1.54) is 0 Å². The average Bonchev–Trinajstić information content (AvgIpc) is 3.57. The predicted molar refractivity (Wildman–Crippen MR) is 160 cm³/mol. The van der Waals surface area contributed by atoms with Crippen molar-refractivity contribution in [2.75, 3.05) is 37.3 Å². The van der Waals surface area contributed by atoms with Gasteiger partial charge in [-0.25, -0.2) is 20.0 Å². The summed E-state index contributed by atoms with van der Waals surface area (Å²) in [7, 11) is 3.99. The van der Waals surface area contributed by atoms with Gasteiger partial charge in [-0.1, -0.05) is 0 Å². The van der Waals surface area contributed by atoms with E-state index in [0.717, 1.165) is 53.8 Å². The van der Waals surface area contributed by atoms with Crippen LogP contribution in [-0.2, 0) is 11.8 Å². The number of hydrogen-bond donors (Lipinski definition) is 2. The zero-order chi connectivity index (χ0) is 28.4. The summed E-state index contributed by atoms with van der Waals surface area (Å²) in [6.07, 6.45) is 6.79. The van der Waals surface area contributed by atoms with Gasteiger partial charge in [-0.2, -0.15) is 0 Å². The summed E-state index contributed by atoms with van der Waals surface area (Å²) in [4.78, 5) is 19.9. The summed E-state index contributed by atoms with van der Waals surface area (Å²) >= 11 is 0. The van der Waals surface area contributed by atoms with Crippen LogP contribution in [-0.4, -0.2) is 74.7 Å². The Morgan fingerprint density at radius 3 is 2.66 bits per heavy atom. The Labute approximate surface area is 237 Å². The Morgan fingerprint density at radius 2 is 1.90 bits per heavy atom. The molecule has 1 fully saturated rings. The summed E-state index contributed by atoms with van der Waals surface area (Å²) < 4.78 is 14.1. The molecule has 2 aromatic carbocycles. The van der Waals surface area contributed by atoms with E-state index in [9.17, 15) is 0 Å². The van der Waals surface area contributed by atoms with Crippen LogP contribution in [0.4, 0.5) is 17.2 Å². The maximum Gasteiger partial charge on any atom is 0.289 e. The molecule has 6 rings (SSSR count). The van der Waals surface area contributed by atoms with Crippen molar-refractivity contribution in [3.63, 3.8) is 0 Å². The number of ether oxygens (including phenoxy) is 2. The van der Waals surface area contributed by atoms with Gasteiger partial charge in [0.15, 0.2) is 5.82 Å². The smallest absolute Gasteiger partial charge is 0.289 e. The molecule has 4 aromatic rings. The average molecular weight is 553 g/mol. The molecule has 1 spiro atoms. The molecule has 1 saturated heterocycles. The molecule has 41 heavy (non-hydrogen) atoms. The highest BCUT2D eigenvalue weighted by Gasteiger charge is 2.40. The van der Waals surface area contributed by atoms with Gasteiger partial charge >= 0.3 is 0 Å². The molecule has 12 nitrogen and oxygen atoms in total. The van der Waals surface area contributed by atoms with Crippen LogP contribution < -0.4 is 15.4 Å². The van der Waals surface area contributed by atoms with Gasteiger partial charge in [0.1, 0.15) is 29.8 Å². The number of aromatic nitrogens is 5. The highest BCUT2D eigenvalue weighted by Crippen LogP contribution is 2.32. The number of piperidine rings is 1. The lowest BCUT2D eigenvalue weighted by Crippen LogP contribution is -2.45. The number of benzene rings is 2. The second-order valence-electron chi connectivity index (χ2n) is 10.4. The van der Waals surface area contributed by atoms with Gasteiger partial charge in [-0.05, 0) is 62.7 Å². The monoisotopic (exact) mass is 552 g/mol. The number of nitrogens with one attached hydrogen (secondary N) is 2. The van der Waals surface area contributed by atoms with E-state index in [0.29, 0.717) is 35.8 Å². The van der Waals surface area contributed by atoms with Crippen molar-refractivity contribution in [2.45, 2.75) is 25.4 Å². The fourth-order valence-corrected chi connectivity index (χ4v) is 4.93. The second-order valence-corrected chi connectivity index (χ2v) is 10.4. The van der Waals surface area contributed by atoms with E-state index >= 15 is 0 Å². The van der Waals surface area contributed by atoms with Gasteiger partial charge in [0.05, 0.1) is 12.1 Å². The van der Waals surface area contributed by atoms with E-state index in [4.69, 9.17) is 9.47 Å². The molecule has 0 atom stereocenters. The van der Waals surface area contributed by atoms with Crippen LogP contribution >= 0.6 is 0 Å². The quantitative estimate of drug-likeness (QED) is 0.257. The fourth-order valence-electron chi connectivity index (χ4n) is 4.93. The lowest BCUT2D eigenvalue weighted by molar-refractivity contribution is 0.0220. The molecule has 12 heteroatoms. The summed E-state index contributed by atoms with van der Waals surface area (Å²) in [6, 6.07) is 12.3. The molecule has 2 aromatic heterocycles. The Hall–Kier alpha value is -4.84. The van der Waals surface area contributed by atoms with E-state index in [1.807, 2.05) is 50.4 Å². The van der Waals surface area contributed by atoms with Crippen molar-refractivity contribution in [3.05, 3.63) is 66.3 Å². The van der Waals surface area contributed by atoms with Gasteiger partial charge in [0.25, 0.3) is 6.02 Å². The minimum atomic E-state index is -0.191. The van der Waals surface area contributed by atoms with Crippen LogP contribution in [0, 0.1) is 6.92 Å². The van der Waals surface area contributed by atoms with Gasteiger partial charge in [-0.15, -0.1) is 10.2 Å². The van der Waals surface area contributed by atoms with Crippen molar-refractivity contribution in [1.29, 1.82) is 0 Å². The Kier molecular flexibility index (Phi) is 7.06. The summed E-state index contributed by atoms with van der Waals surface area (Å²) in [5.41, 5.74) is 3.25. The minimum Gasteiger partial charge on any atom is -0.456 e. The first kappa shape index (κ1) is 26.4. The molecule has 210 valence electrons. The van der Waals surface area contributed by atoms with Crippen molar-refractivity contribution in [1.82, 2.24) is 29.6 Å². The number of aliphatic imine (C=N–C) groups is 2. The predicted octanol–water partition coefficient (Wildman–Crippen LogP) is 4.15. The maximum absolute atomic E-state index is 6.31. The third-order valence-electron chi connectivity index (χ3n) is 7.42. The number of hydrogen-bond acceptors (Lipinski definition) is 11. The van der Waals surface area contributed by atoms with Crippen LogP contribution in [0.25, 0.3) is 17.0 Å². The summed E-state index contributed by atoms with van der Waals surface area (Å²) in [5.74, 6) is 2.27. The summed E-state index contributed by atoms with van der Waals surface area (Å²) in [6.45, 7) is 8.30. The number of rotatable bonds is 7. The zero-order valence-electron chi connectivity index (χ0n) is 23.3. The van der Waals surface area contributed by atoms with E-state index in [-0.39, 0.29) is 5.60 Å². The Bertz CT molecular complexity index is 1650. The molecule has 0 radical (unpaired) electrons. The molecular weight excluding hydrogens is 520 g/mol. The van der Waals surface area contributed by atoms with Crippen molar-refractivity contribution in [3.8, 4) is 5.75 Å². The van der Waals surface area contributed by atoms with Crippen molar-refractivity contribution < 1.29 is 9.47 Å². The van der Waals surface area contributed by atoms with Crippen LogP contribution in [0.5, 0.6) is 5.75 Å². The lowest BCUT2D eigenvalue weighted by Gasteiger charge is -2.36. The second kappa shape index (κ2) is 11.0. The highest BCUT2D eigenvalue weighted by molar-refractivity contribution is 5.97. The van der Waals surface area contributed by atoms with E-state index < -0.39 is 0 Å². The molecular formula is C29H32N10O2. The van der Waals surface area contributed by atoms with E-state index in [2.05, 4.69) is 59.4 Å². The third kappa shape index (κ3) is 5.73. The molecule has 0 saturated carbocycles. The van der Waals surface area contributed by atoms with Crippen LogP contribution in [0.1, 0.15) is 24.2 Å². The molecule has 0 aliphatic carbocycles. The topological polar surface area (TPSA) is 127 Å². The van der Waals surface area contributed by atoms with Crippen LogP contribution in [0.2, 0.25) is 0 Å². The Morgan fingerprint density at radius 1 is 1.10 bits per heavy atom. The molecule has 0 unspecified atom stereocenters. The van der Waals surface area contributed by atoms with Gasteiger partial charge in [0, 0.05) is 55.8 Å². The molecule has 4 heterocycles. The summed E-state index contributed by atoms with van der Waals surface area (Å²) in [5, 5.41) is 15.6. The maximum atomic E-state index is 6.31.